The van der Waals surface area contributed by atoms with Gasteiger partial charge in [0.05, 0.1) is 24.2 Å². The highest BCUT2D eigenvalue weighted by Gasteiger charge is 2.26. The SMILES string of the molecule is COc1ccccc1Oc1ncnc(Nc2ccc(C(=O)OCC(C)C)cc2)c1[N+](=O)[O-]. The fraction of sp³-hybridized carbons (Fsp3) is 0.227. The van der Waals surface area contributed by atoms with E-state index in [9.17, 15) is 14.9 Å². The summed E-state index contributed by atoms with van der Waals surface area (Å²) in [5, 5.41) is 14.6. The molecule has 0 radical (unpaired) electrons. The van der Waals surface area contributed by atoms with Gasteiger partial charge in [0.1, 0.15) is 6.33 Å². The lowest BCUT2D eigenvalue weighted by Gasteiger charge is -2.11. The molecule has 0 atom stereocenters. The molecule has 10 heteroatoms. The lowest BCUT2D eigenvalue weighted by molar-refractivity contribution is -0.385. The number of esters is 1. The van der Waals surface area contributed by atoms with E-state index >= 15 is 0 Å². The number of methoxy groups -OCH3 is 1. The van der Waals surface area contributed by atoms with Crippen LogP contribution in [0.25, 0.3) is 0 Å². The number of aromatic nitrogens is 2. The summed E-state index contributed by atoms with van der Waals surface area (Å²) in [6, 6.07) is 13.0. The van der Waals surface area contributed by atoms with Gasteiger partial charge in [0.25, 0.3) is 0 Å². The molecular weight excluding hydrogens is 416 g/mol. The van der Waals surface area contributed by atoms with E-state index in [4.69, 9.17) is 14.2 Å². The van der Waals surface area contributed by atoms with Crippen molar-refractivity contribution in [1.82, 2.24) is 9.97 Å². The molecule has 0 fully saturated rings. The van der Waals surface area contributed by atoms with Crippen LogP contribution < -0.4 is 14.8 Å². The molecule has 0 saturated heterocycles. The molecule has 166 valence electrons. The highest BCUT2D eigenvalue weighted by atomic mass is 16.6. The molecule has 0 aliphatic carbocycles. The number of carbonyl (C=O) groups excluding carboxylic acids is 1. The minimum absolute atomic E-state index is 0.0648. The predicted molar refractivity (Wildman–Crippen MR) is 117 cm³/mol. The number of hydrogen-bond donors (Lipinski definition) is 1. The summed E-state index contributed by atoms with van der Waals surface area (Å²) in [4.78, 5) is 31.1. The van der Waals surface area contributed by atoms with Crippen molar-refractivity contribution in [3.05, 3.63) is 70.5 Å². The summed E-state index contributed by atoms with van der Waals surface area (Å²) in [7, 11) is 1.46. The summed E-state index contributed by atoms with van der Waals surface area (Å²) in [5.74, 6) is 0.147. The van der Waals surface area contributed by atoms with Crippen molar-refractivity contribution in [1.29, 1.82) is 0 Å². The zero-order valence-electron chi connectivity index (χ0n) is 17.8. The summed E-state index contributed by atoms with van der Waals surface area (Å²) >= 11 is 0. The first-order chi connectivity index (χ1) is 15.4. The van der Waals surface area contributed by atoms with Crippen LogP contribution in [-0.2, 0) is 4.74 Å². The van der Waals surface area contributed by atoms with Gasteiger partial charge in [0.15, 0.2) is 11.5 Å². The second-order valence-corrected chi connectivity index (χ2v) is 7.08. The maximum Gasteiger partial charge on any atom is 0.373 e. The average molecular weight is 438 g/mol. The van der Waals surface area contributed by atoms with Gasteiger partial charge < -0.3 is 19.5 Å². The van der Waals surface area contributed by atoms with Crippen LogP contribution in [0.1, 0.15) is 24.2 Å². The van der Waals surface area contributed by atoms with E-state index in [0.717, 1.165) is 6.33 Å². The summed E-state index contributed by atoms with van der Waals surface area (Å²) < 4.78 is 16.1. The molecule has 0 aliphatic heterocycles. The van der Waals surface area contributed by atoms with Crippen LogP contribution in [0.5, 0.6) is 17.4 Å². The molecule has 1 N–H and O–H groups in total. The largest absolute Gasteiger partial charge is 0.493 e. The normalized spacial score (nSPS) is 10.5. The fourth-order valence-corrected chi connectivity index (χ4v) is 2.65. The molecule has 1 aromatic heterocycles. The monoisotopic (exact) mass is 438 g/mol. The van der Waals surface area contributed by atoms with Crippen molar-refractivity contribution in [2.45, 2.75) is 13.8 Å². The lowest BCUT2D eigenvalue weighted by atomic mass is 10.2. The number of ether oxygens (including phenoxy) is 3. The first-order valence-electron chi connectivity index (χ1n) is 9.73. The molecule has 3 rings (SSSR count). The summed E-state index contributed by atoms with van der Waals surface area (Å²) in [5.41, 5.74) is 0.405. The Labute approximate surface area is 184 Å². The van der Waals surface area contributed by atoms with Crippen LogP contribution in [0.3, 0.4) is 0 Å². The summed E-state index contributed by atoms with van der Waals surface area (Å²) in [6.45, 7) is 4.21. The van der Waals surface area contributed by atoms with Crippen LogP contribution in [-0.4, -0.2) is 34.6 Å². The van der Waals surface area contributed by atoms with Gasteiger partial charge in [0.2, 0.25) is 5.82 Å². The number of rotatable bonds is 9. The first kappa shape index (κ1) is 22.5. The number of anilines is 2. The Balaban J connectivity index is 1.83. The quantitative estimate of drug-likeness (QED) is 0.286. The zero-order valence-corrected chi connectivity index (χ0v) is 17.8. The van der Waals surface area contributed by atoms with Crippen LogP contribution in [0.2, 0.25) is 0 Å². The Morgan fingerprint density at radius 1 is 1.09 bits per heavy atom. The van der Waals surface area contributed by atoms with Gasteiger partial charge in [-0.2, -0.15) is 4.98 Å². The van der Waals surface area contributed by atoms with Crippen LogP contribution in [0.4, 0.5) is 17.2 Å². The molecule has 2 aromatic carbocycles. The lowest BCUT2D eigenvalue weighted by Crippen LogP contribution is -2.10. The highest BCUT2D eigenvalue weighted by Crippen LogP contribution is 2.38. The number of hydrogen-bond acceptors (Lipinski definition) is 9. The van der Waals surface area contributed by atoms with E-state index in [2.05, 4.69) is 15.3 Å². The zero-order chi connectivity index (χ0) is 23.1. The minimum atomic E-state index is -0.634. The van der Waals surface area contributed by atoms with Gasteiger partial charge in [0, 0.05) is 5.69 Å². The maximum absolute atomic E-state index is 12.1. The smallest absolute Gasteiger partial charge is 0.373 e. The van der Waals surface area contributed by atoms with Gasteiger partial charge in [-0.15, -0.1) is 0 Å². The van der Waals surface area contributed by atoms with Crippen molar-refractivity contribution >= 4 is 23.2 Å². The Kier molecular flexibility index (Phi) is 7.17. The molecule has 0 bridgehead atoms. The Morgan fingerprint density at radius 2 is 1.78 bits per heavy atom. The Morgan fingerprint density at radius 3 is 2.41 bits per heavy atom. The average Bonchev–Trinajstić information content (AvgIpc) is 2.78. The first-order valence-corrected chi connectivity index (χ1v) is 9.73. The van der Waals surface area contributed by atoms with Crippen molar-refractivity contribution in [3.63, 3.8) is 0 Å². The molecule has 32 heavy (non-hydrogen) atoms. The molecule has 3 aromatic rings. The van der Waals surface area contributed by atoms with Gasteiger partial charge in [-0.25, -0.2) is 9.78 Å². The maximum atomic E-state index is 12.1. The van der Waals surface area contributed by atoms with E-state index in [-0.39, 0.29) is 23.4 Å². The highest BCUT2D eigenvalue weighted by molar-refractivity contribution is 5.90. The van der Waals surface area contributed by atoms with Crippen molar-refractivity contribution in [3.8, 4) is 17.4 Å². The standard InChI is InChI=1S/C22H22N4O6/c1-14(2)12-31-22(27)15-8-10-16(11-9-15)25-20-19(26(28)29)21(24-13-23-20)32-18-7-5-4-6-17(18)30-3/h4-11,13-14H,12H2,1-3H3,(H,23,24,25). The Bertz CT molecular complexity index is 1100. The second-order valence-electron chi connectivity index (χ2n) is 7.08. The molecule has 0 saturated carbocycles. The predicted octanol–water partition coefficient (Wildman–Crippen LogP) is 4.74. The number of carbonyl (C=O) groups is 1. The third kappa shape index (κ3) is 5.48. The van der Waals surface area contributed by atoms with Crippen LogP contribution >= 0.6 is 0 Å². The number of nitrogens with zero attached hydrogens (tertiary/aromatic N) is 3. The Hall–Kier alpha value is -4.21. The van der Waals surface area contributed by atoms with Crippen LogP contribution in [0, 0.1) is 16.0 Å². The van der Waals surface area contributed by atoms with Crippen LogP contribution in [0.15, 0.2) is 54.9 Å². The number of benzene rings is 2. The van der Waals surface area contributed by atoms with Gasteiger partial charge in [-0.1, -0.05) is 26.0 Å². The van der Waals surface area contributed by atoms with E-state index in [1.165, 1.54) is 7.11 Å². The number of nitro groups is 1. The third-order valence-corrected chi connectivity index (χ3v) is 4.18. The molecule has 0 amide bonds. The third-order valence-electron chi connectivity index (χ3n) is 4.18. The molecule has 1 heterocycles. The van der Waals surface area contributed by atoms with E-state index in [0.29, 0.717) is 23.6 Å². The number of nitrogens with one attached hydrogen (secondary N) is 1. The van der Waals surface area contributed by atoms with Crippen molar-refractivity contribution in [2.24, 2.45) is 5.92 Å². The second kappa shape index (κ2) is 10.2. The van der Waals surface area contributed by atoms with E-state index in [1.807, 2.05) is 13.8 Å². The van der Waals surface area contributed by atoms with E-state index in [1.54, 1.807) is 48.5 Å². The molecule has 0 aliphatic rings. The number of para-hydroxylation sites is 2. The van der Waals surface area contributed by atoms with E-state index < -0.39 is 16.6 Å². The molecule has 0 unspecified atom stereocenters. The van der Waals surface area contributed by atoms with Crippen molar-refractivity contribution in [2.75, 3.05) is 19.0 Å². The minimum Gasteiger partial charge on any atom is -0.493 e. The molecule has 0 spiro atoms. The topological polar surface area (TPSA) is 126 Å². The summed E-state index contributed by atoms with van der Waals surface area (Å²) in [6.07, 6.45) is 1.15. The molecule has 10 nitrogen and oxygen atoms in total. The van der Waals surface area contributed by atoms with Gasteiger partial charge >= 0.3 is 17.5 Å². The fourth-order valence-electron chi connectivity index (χ4n) is 2.65. The van der Waals surface area contributed by atoms with Gasteiger partial charge in [-0.3, -0.25) is 10.1 Å². The van der Waals surface area contributed by atoms with Gasteiger partial charge in [-0.05, 0) is 42.3 Å². The van der Waals surface area contributed by atoms with Crippen molar-refractivity contribution < 1.29 is 23.9 Å². The molecular formula is C22H22N4O6.